The predicted molar refractivity (Wildman–Crippen MR) is 103 cm³/mol. The number of hydrogen-bond donors (Lipinski definition) is 4. The maximum Gasteiger partial charge on any atom is 0.305 e. The van der Waals surface area contributed by atoms with Gasteiger partial charge >= 0.3 is 4.87 Å². The average Bonchev–Trinajstić information content (AvgIpc) is 3.22. The van der Waals surface area contributed by atoms with Crippen LogP contribution in [-0.4, -0.2) is 43.4 Å². The summed E-state index contributed by atoms with van der Waals surface area (Å²) in [6.45, 7) is 5.98. The first-order valence-electron chi connectivity index (χ1n) is 8.46. The van der Waals surface area contributed by atoms with Gasteiger partial charge in [-0.2, -0.15) is 9.61 Å². The van der Waals surface area contributed by atoms with Gasteiger partial charge in [0, 0.05) is 24.2 Å². The van der Waals surface area contributed by atoms with Crippen LogP contribution in [0, 0.1) is 0 Å². The van der Waals surface area contributed by atoms with Crippen molar-refractivity contribution in [2.24, 2.45) is 0 Å². The van der Waals surface area contributed by atoms with Crippen LogP contribution in [0.5, 0.6) is 0 Å². The van der Waals surface area contributed by atoms with E-state index in [2.05, 4.69) is 32.3 Å². The molecule has 0 amide bonds. The number of nitrogens with zero attached hydrogens (tertiary/aromatic N) is 3. The maximum atomic E-state index is 11.5. The Morgan fingerprint density at radius 2 is 2.38 bits per heavy atom. The van der Waals surface area contributed by atoms with Gasteiger partial charge in [-0.05, 0) is 25.8 Å². The fraction of sp³-hybridized carbons (Fsp3) is 0.353. The van der Waals surface area contributed by atoms with Gasteiger partial charge in [0.25, 0.3) is 0 Å². The fourth-order valence-electron chi connectivity index (χ4n) is 2.59. The number of nitrogens with one attached hydrogen (secondary N) is 3. The first kappa shape index (κ1) is 16.8. The molecule has 3 aromatic rings. The van der Waals surface area contributed by atoms with Crippen molar-refractivity contribution in [2.75, 3.05) is 17.2 Å². The third-order valence-electron chi connectivity index (χ3n) is 4.05. The van der Waals surface area contributed by atoms with Crippen molar-refractivity contribution in [3.8, 4) is 0 Å². The van der Waals surface area contributed by atoms with E-state index in [1.807, 2.05) is 12.1 Å². The maximum absolute atomic E-state index is 11.5. The van der Waals surface area contributed by atoms with Crippen LogP contribution in [0.1, 0.15) is 25.3 Å². The molecule has 0 bridgehead atoms. The number of hydrogen-bond acceptors (Lipinski definition) is 7. The van der Waals surface area contributed by atoms with E-state index >= 15 is 0 Å². The molecule has 0 aromatic carbocycles. The van der Waals surface area contributed by atoms with Gasteiger partial charge in [0.15, 0.2) is 5.65 Å². The minimum Gasteiger partial charge on any atom is -0.392 e. The standard InChI is InChI=1S/C17H20N6O2S/c1-9(24)7-18-14-6-15(21-12-3-4-12)23-16(22-14)11(8-19-23)5-13-10(2)20-17(25)26-13/h5-6,8-9,12,21,24H,2-4,7H2,1H3,(H,18,22)(H,20,25)/b13-5-. The number of H-pyrrole nitrogens is 1. The lowest BCUT2D eigenvalue weighted by atomic mass is 10.3. The van der Waals surface area contributed by atoms with Crippen molar-refractivity contribution in [1.82, 2.24) is 19.6 Å². The minimum atomic E-state index is -0.477. The molecular weight excluding hydrogens is 352 g/mol. The molecular formula is C17H20N6O2S. The zero-order valence-electron chi connectivity index (χ0n) is 14.3. The molecule has 136 valence electrons. The van der Waals surface area contributed by atoms with Gasteiger partial charge in [0.2, 0.25) is 0 Å². The Labute approximate surface area is 152 Å². The van der Waals surface area contributed by atoms with E-state index in [0.717, 1.165) is 40.1 Å². The van der Waals surface area contributed by atoms with Crippen LogP contribution in [0.25, 0.3) is 18.3 Å². The van der Waals surface area contributed by atoms with Gasteiger partial charge in [-0.15, -0.1) is 0 Å². The van der Waals surface area contributed by atoms with E-state index in [1.54, 1.807) is 17.6 Å². The van der Waals surface area contributed by atoms with E-state index in [9.17, 15) is 9.90 Å². The number of fused-ring (bicyclic) bond motifs is 1. The lowest BCUT2D eigenvalue weighted by Gasteiger charge is -2.12. The Bertz CT molecular complexity index is 1110. The normalized spacial score (nSPS) is 16.2. The Morgan fingerprint density at radius 1 is 1.58 bits per heavy atom. The lowest BCUT2D eigenvalue weighted by Crippen LogP contribution is -2.19. The Kier molecular flexibility index (Phi) is 4.25. The average molecular weight is 372 g/mol. The van der Waals surface area contributed by atoms with Crippen molar-refractivity contribution in [3.63, 3.8) is 0 Å². The number of aromatic amines is 1. The molecule has 4 rings (SSSR count). The summed E-state index contributed by atoms with van der Waals surface area (Å²) in [4.78, 5) is 18.7. The van der Waals surface area contributed by atoms with Crippen LogP contribution < -0.4 is 25.4 Å². The molecule has 1 atom stereocenters. The van der Waals surface area contributed by atoms with Gasteiger partial charge < -0.3 is 20.7 Å². The zero-order valence-corrected chi connectivity index (χ0v) is 15.1. The molecule has 8 nitrogen and oxygen atoms in total. The van der Waals surface area contributed by atoms with E-state index in [1.165, 1.54) is 0 Å². The summed E-state index contributed by atoms with van der Waals surface area (Å²) in [5.74, 6) is 1.51. The molecule has 3 heterocycles. The summed E-state index contributed by atoms with van der Waals surface area (Å²) in [6, 6.07) is 2.36. The molecule has 0 radical (unpaired) electrons. The third-order valence-corrected chi connectivity index (χ3v) is 4.92. The molecule has 3 aromatic heterocycles. The zero-order chi connectivity index (χ0) is 18.3. The minimum absolute atomic E-state index is 0.138. The molecule has 1 aliphatic carbocycles. The van der Waals surface area contributed by atoms with Crippen LogP contribution in [0.15, 0.2) is 17.1 Å². The predicted octanol–water partition coefficient (Wildman–Crippen LogP) is 0.0852. The van der Waals surface area contributed by atoms with Crippen LogP contribution in [-0.2, 0) is 0 Å². The Morgan fingerprint density at radius 3 is 3.04 bits per heavy atom. The number of aromatic nitrogens is 4. The molecule has 0 spiro atoms. The first-order chi connectivity index (χ1) is 12.5. The van der Waals surface area contributed by atoms with Gasteiger partial charge in [-0.3, -0.25) is 4.79 Å². The van der Waals surface area contributed by atoms with Crippen LogP contribution in [0.3, 0.4) is 0 Å². The van der Waals surface area contributed by atoms with Crippen molar-refractivity contribution in [1.29, 1.82) is 0 Å². The third kappa shape index (κ3) is 3.49. The molecule has 26 heavy (non-hydrogen) atoms. The highest BCUT2D eigenvalue weighted by atomic mass is 32.1. The highest BCUT2D eigenvalue weighted by molar-refractivity contribution is 7.07. The number of aliphatic hydroxyl groups is 1. The molecule has 9 heteroatoms. The van der Waals surface area contributed by atoms with Crippen molar-refractivity contribution >= 4 is 41.3 Å². The fourth-order valence-corrected chi connectivity index (χ4v) is 3.33. The van der Waals surface area contributed by atoms with Crippen LogP contribution >= 0.6 is 11.3 Å². The quantitative estimate of drug-likeness (QED) is 0.488. The summed E-state index contributed by atoms with van der Waals surface area (Å²) >= 11 is 1.11. The molecule has 0 aliphatic heterocycles. The second-order valence-electron chi connectivity index (χ2n) is 6.51. The summed E-state index contributed by atoms with van der Waals surface area (Å²) in [5.41, 5.74) is 1.47. The largest absolute Gasteiger partial charge is 0.392 e. The topological polar surface area (TPSA) is 107 Å². The summed E-state index contributed by atoms with van der Waals surface area (Å²) < 4.78 is 2.52. The van der Waals surface area contributed by atoms with Crippen molar-refractivity contribution in [2.45, 2.75) is 31.9 Å². The van der Waals surface area contributed by atoms with Gasteiger partial charge in [0.1, 0.15) is 11.6 Å². The molecule has 1 unspecified atom stereocenters. The lowest BCUT2D eigenvalue weighted by molar-refractivity contribution is 0.208. The molecule has 1 aliphatic rings. The molecule has 1 fully saturated rings. The van der Waals surface area contributed by atoms with Crippen molar-refractivity contribution in [3.05, 3.63) is 37.4 Å². The van der Waals surface area contributed by atoms with Crippen LogP contribution in [0.4, 0.5) is 11.6 Å². The van der Waals surface area contributed by atoms with E-state index in [0.29, 0.717) is 29.4 Å². The monoisotopic (exact) mass is 372 g/mol. The highest BCUT2D eigenvalue weighted by Gasteiger charge is 2.23. The number of anilines is 2. The van der Waals surface area contributed by atoms with Crippen molar-refractivity contribution < 1.29 is 5.11 Å². The van der Waals surface area contributed by atoms with Gasteiger partial charge in [-0.1, -0.05) is 17.9 Å². The highest BCUT2D eigenvalue weighted by Crippen LogP contribution is 2.27. The molecule has 0 saturated heterocycles. The van der Waals surface area contributed by atoms with Crippen LogP contribution in [0.2, 0.25) is 0 Å². The SMILES string of the molecule is C=c1[nH]c(=O)s/c1=C\c1cnn2c(NC3CC3)cc(NCC(C)O)nc12. The number of rotatable bonds is 6. The molecule has 4 N–H and O–H groups in total. The summed E-state index contributed by atoms with van der Waals surface area (Å²) in [7, 11) is 0. The molecule has 1 saturated carbocycles. The van der Waals surface area contributed by atoms with E-state index in [4.69, 9.17) is 0 Å². The number of aliphatic hydroxyl groups excluding tert-OH is 1. The first-order valence-corrected chi connectivity index (χ1v) is 9.28. The Balaban J connectivity index is 1.82. The number of thiazole rings is 1. The van der Waals surface area contributed by atoms with E-state index in [-0.39, 0.29) is 4.87 Å². The second kappa shape index (κ2) is 6.58. The second-order valence-corrected chi connectivity index (χ2v) is 7.53. The van der Waals surface area contributed by atoms with Gasteiger partial charge in [0.05, 0.1) is 22.2 Å². The van der Waals surface area contributed by atoms with Gasteiger partial charge in [-0.25, -0.2) is 4.98 Å². The summed E-state index contributed by atoms with van der Waals surface area (Å²) in [6.07, 6.45) is 5.39. The smallest absolute Gasteiger partial charge is 0.305 e. The Hall–Kier alpha value is -2.65. The summed E-state index contributed by atoms with van der Waals surface area (Å²) in [5, 5.41) is 21.2. The van der Waals surface area contributed by atoms with E-state index < -0.39 is 6.10 Å².